The van der Waals surface area contributed by atoms with E-state index in [2.05, 4.69) is 15.0 Å². The fourth-order valence-corrected chi connectivity index (χ4v) is 3.85. The molecule has 7 nitrogen and oxygen atoms in total. The summed E-state index contributed by atoms with van der Waals surface area (Å²) < 4.78 is 8.21. The minimum atomic E-state index is -0.193. The molecule has 1 amide bonds. The van der Waals surface area contributed by atoms with Gasteiger partial charge in [0.15, 0.2) is 5.69 Å². The van der Waals surface area contributed by atoms with Crippen LogP contribution in [0.5, 0.6) is 0 Å². The van der Waals surface area contributed by atoms with Crippen molar-refractivity contribution in [3.8, 4) is 0 Å². The molecule has 0 atom stereocenters. The number of hydrogen-bond donors (Lipinski definition) is 0. The van der Waals surface area contributed by atoms with Crippen molar-refractivity contribution in [1.82, 2.24) is 24.6 Å². The van der Waals surface area contributed by atoms with Gasteiger partial charge in [-0.05, 0) is 31.0 Å². The minimum absolute atomic E-state index is 0.0729. The third-order valence-corrected chi connectivity index (χ3v) is 5.62. The second-order valence-corrected chi connectivity index (χ2v) is 8.03. The second-order valence-electron chi connectivity index (χ2n) is 7.59. The number of likely N-dealkylation sites (tertiary alicyclic amines) is 1. The van der Waals surface area contributed by atoms with E-state index in [4.69, 9.17) is 16.3 Å². The monoisotopic (exact) mass is 389 g/mol. The third-order valence-electron chi connectivity index (χ3n) is 5.39. The summed E-state index contributed by atoms with van der Waals surface area (Å²) in [6, 6.07) is 5.70. The molecule has 0 aliphatic carbocycles. The Balaban J connectivity index is 1.39. The van der Waals surface area contributed by atoms with Gasteiger partial charge >= 0.3 is 0 Å². The molecule has 1 fully saturated rings. The van der Waals surface area contributed by atoms with Crippen LogP contribution in [0.15, 0.2) is 24.4 Å². The first-order valence-electron chi connectivity index (χ1n) is 9.19. The molecule has 8 heteroatoms. The Morgan fingerprint density at radius 2 is 2.11 bits per heavy atom. The molecule has 2 aromatic heterocycles. The highest BCUT2D eigenvalue weighted by Crippen LogP contribution is 2.33. The summed E-state index contributed by atoms with van der Waals surface area (Å²) in [5.41, 5.74) is 2.29. The summed E-state index contributed by atoms with van der Waals surface area (Å²) in [7, 11) is 3.48. The number of halogens is 1. The Morgan fingerprint density at radius 3 is 2.78 bits per heavy atom. The molecule has 0 unspecified atom stereocenters. The highest BCUT2D eigenvalue weighted by Gasteiger charge is 2.40. The molecule has 144 valence electrons. The van der Waals surface area contributed by atoms with Gasteiger partial charge in [-0.3, -0.25) is 19.4 Å². The van der Waals surface area contributed by atoms with E-state index < -0.39 is 0 Å². The lowest BCUT2D eigenvalue weighted by Gasteiger charge is -2.43. The minimum Gasteiger partial charge on any atom is -0.367 e. The van der Waals surface area contributed by atoms with Crippen LogP contribution in [0, 0.1) is 0 Å². The van der Waals surface area contributed by atoms with Crippen LogP contribution >= 0.6 is 11.6 Å². The van der Waals surface area contributed by atoms with Crippen LogP contribution in [0.3, 0.4) is 0 Å². The van der Waals surface area contributed by atoms with E-state index in [1.54, 1.807) is 25.2 Å². The third kappa shape index (κ3) is 3.85. The molecule has 1 spiro atoms. The van der Waals surface area contributed by atoms with Gasteiger partial charge in [0.2, 0.25) is 0 Å². The molecule has 2 aliphatic heterocycles. The predicted octanol–water partition coefficient (Wildman–Crippen LogP) is 2.20. The van der Waals surface area contributed by atoms with Crippen molar-refractivity contribution in [2.75, 3.05) is 27.2 Å². The fourth-order valence-electron chi connectivity index (χ4n) is 3.74. The van der Waals surface area contributed by atoms with Gasteiger partial charge in [0.25, 0.3) is 5.91 Å². The number of ether oxygens (including phenoxy) is 1. The number of nitrogens with zero attached hydrogens (tertiary/aromatic N) is 5. The molecule has 0 bridgehead atoms. The van der Waals surface area contributed by atoms with Gasteiger partial charge in [0.05, 0.1) is 35.2 Å². The van der Waals surface area contributed by atoms with Crippen molar-refractivity contribution in [3.05, 3.63) is 46.5 Å². The molecular weight excluding hydrogens is 366 g/mol. The summed E-state index contributed by atoms with van der Waals surface area (Å²) in [6.07, 6.45) is 3.58. The summed E-state index contributed by atoms with van der Waals surface area (Å²) in [4.78, 5) is 20.5. The smallest absolute Gasteiger partial charge is 0.273 e. The average molecular weight is 390 g/mol. The molecule has 4 rings (SSSR count). The maximum absolute atomic E-state index is 12.2. The number of amides is 1. The van der Waals surface area contributed by atoms with Gasteiger partial charge < -0.3 is 9.64 Å². The van der Waals surface area contributed by atoms with E-state index in [-0.39, 0.29) is 11.5 Å². The average Bonchev–Trinajstić information content (AvgIpc) is 3.07. The van der Waals surface area contributed by atoms with Crippen molar-refractivity contribution < 1.29 is 9.53 Å². The van der Waals surface area contributed by atoms with Crippen LogP contribution in [0.25, 0.3) is 0 Å². The molecule has 0 aromatic carbocycles. The zero-order valence-corrected chi connectivity index (χ0v) is 16.4. The lowest BCUT2D eigenvalue weighted by atomic mass is 9.90. The van der Waals surface area contributed by atoms with E-state index in [1.807, 2.05) is 22.9 Å². The van der Waals surface area contributed by atoms with E-state index in [9.17, 15) is 4.79 Å². The number of piperidine rings is 1. The lowest BCUT2D eigenvalue weighted by Crippen LogP contribution is -2.50. The van der Waals surface area contributed by atoms with Crippen LogP contribution in [0.1, 0.15) is 34.7 Å². The predicted molar refractivity (Wildman–Crippen MR) is 102 cm³/mol. The van der Waals surface area contributed by atoms with Gasteiger partial charge in [-0.15, -0.1) is 0 Å². The molecular formula is C19H24ClN5O2. The van der Waals surface area contributed by atoms with Crippen LogP contribution < -0.4 is 0 Å². The fraction of sp³-hybridized carbons (Fsp3) is 0.526. The Labute approximate surface area is 163 Å². The standard InChI is InChI=1S/C19H24ClN5O2/c1-23(2)18(26)17-9-16-12-27-19(13-25(16)22-17)5-7-24(8-6-19)11-15-4-3-14(20)10-21-15/h3-4,9-10H,5-8,11-13H2,1-2H3. The van der Waals surface area contributed by atoms with Crippen molar-refractivity contribution >= 4 is 17.5 Å². The lowest BCUT2D eigenvalue weighted by molar-refractivity contribution is -0.124. The summed E-state index contributed by atoms with van der Waals surface area (Å²) in [5.74, 6) is -0.0729. The van der Waals surface area contributed by atoms with Crippen molar-refractivity contribution in [1.29, 1.82) is 0 Å². The van der Waals surface area contributed by atoms with Crippen molar-refractivity contribution in [2.45, 2.75) is 38.1 Å². The van der Waals surface area contributed by atoms with Crippen LogP contribution in [0.4, 0.5) is 0 Å². The number of carbonyl (C=O) groups excluding carboxylic acids is 1. The van der Waals surface area contributed by atoms with E-state index in [0.717, 1.165) is 43.9 Å². The van der Waals surface area contributed by atoms with E-state index >= 15 is 0 Å². The highest BCUT2D eigenvalue weighted by atomic mass is 35.5. The van der Waals surface area contributed by atoms with Gasteiger partial charge in [-0.2, -0.15) is 5.10 Å². The number of rotatable bonds is 3. The van der Waals surface area contributed by atoms with E-state index in [1.165, 1.54) is 0 Å². The maximum atomic E-state index is 12.2. The first-order valence-corrected chi connectivity index (χ1v) is 9.57. The largest absolute Gasteiger partial charge is 0.367 e. The van der Waals surface area contributed by atoms with Crippen LogP contribution in [-0.2, 0) is 24.4 Å². The summed E-state index contributed by atoms with van der Waals surface area (Å²) >= 11 is 5.91. The number of fused-ring (bicyclic) bond motifs is 1. The zero-order valence-electron chi connectivity index (χ0n) is 15.7. The SMILES string of the molecule is CN(C)C(=O)c1cc2n(n1)CC1(CCN(Cc3ccc(Cl)cn3)CC1)OC2. The molecule has 0 N–H and O–H groups in total. The van der Waals surface area contributed by atoms with Gasteiger partial charge in [-0.1, -0.05) is 11.6 Å². The topological polar surface area (TPSA) is 63.5 Å². The molecule has 2 aliphatic rings. The maximum Gasteiger partial charge on any atom is 0.273 e. The molecule has 0 saturated carbocycles. The zero-order chi connectivity index (χ0) is 19.0. The molecule has 1 saturated heterocycles. The Kier molecular flexibility index (Phi) is 4.92. The molecule has 0 radical (unpaired) electrons. The highest BCUT2D eigenvalue weighted by molar-refractivity contribution is 6.30. The first kappa shape index (κ1) is 18.4. The second kappa shape index (κ2) is 7.22. The quantitative estimate of drug-likeness (QED) is 0.805. The van der Waals surface area contributed by atoms with E-state index in [0.29, 0.717) is 23.9 Å². The summed E-state index contributed by atoms with van der Waals surface area (Å²) in [6.45, 7) is 3.93. The van der Waals surface area contributed by atoms with Gasteiger partial charge in [0.1, 0.15) is 0 Å². The number of aromatic nitrogens is 3. The van der Waals surface area contributed by atoms with Gasteiger partial charge in [-0.25, -0.2) is 0 Å². The molecule has 27 heavy (non-hydrogen) atoms. The summed E-state index contributed by atoms with van der Waals surface area (Å²) in [5, 5.41) is 5.19. The number of pyridine rings is 1. The number of carbonyl (C=O) groups is 1. The Bertz CT molecular complexity index is 825. The Hall–Kier alpha value is -1.96. The van der Waals surface area contributed by atoms with Crippen LogP contribution in [-0.4, -0.2) is 63.3 Å². The Morgan fingerprint density at radius 1 is 1.33 bits per heavy atom. The van der Waals surface area contributed by atoms with Crippen molar-refractivity contribution in [3.63, 3.8) is 0 Å². The number of hydrogen-bond acceptors (Lipinski definition) is 5. The van der Waals surface area contributed by atoms with Crippen LogP contribution in [0.2, 0.25) is 5.02 Å². The normalized spacial score (nSPS) is 19.1. The van der Waals surface area contributed by atoms with Crippen molar-refractivity contribution in [2.24, 2.45) is 0 Å². The first-order chi connectivity index (χ1) is 12.9. The molecule has 4 heterocycles. The van der Waals surface area contributed by atoms with Gasteiger partial charge in [0, 0.05) is 39.9 Å². The molecule has 2 aromatic rings.